The Morgan fingerprint density at radius 2 is 1.90 bits per heavy atom. The van der Waals surface area contributed by atoms with Gasteiger partial charge in [-0.05, 0) is 12.1 Å². The van der Waals surface area contributed by atoms with Crippen LogP contribution in [0.15, 0.2) is 49.6 Å². The van der Waals surface area contributed by atoms with Gasteiger partial charge in [-0.3, -0.25) is 10.1 Å². The van der Waals surface area contributed by atoms with Crippen LogP contribution in [-0.4, -0.2) is 20.2 Å². The molecule has 5 heteroatoms. The lowest BCUT2D eigenvalue weighted by Gasteiger charge is -2.24. The van der Waals surface area contributed by atoms with E-state index >= 15 is 0 Å². The van der Waals surface area contributed by atoms with Crippen molar-refractivity contribution in [3.63, 3.8) is 0 Å². The van der Waals surface area contributed by atoms with Gasteiger partial charge in [-0.2, -0.15) is 5.10 Å². The lowest BCUT2D eigenvalue weighted by molar-refractivity contribution is 1.10. The first kappa shape index (κ1) is 10.9. The van der Waals surface area contributed by atoms with Crippen LogP contribution in [0.5, 0.6) is 0 Å². The molecule has 5 nitrogen and oxygen atoms in total. The van der Waals surface area contributed by atoms with E-state index in [-0.39, 0.29) is 0 Å². The number of aromatic amines is 1. The minimum Gasteiger partial charge on any atom is -0.354 e. The minimum absolute atomic E-state index is 0.731. The molecule has 0 radical (unpaired) electrons. The molecule has 0 spiro atoms. The number of anilines is 1. The lowest BCUT2D eigenvalue weighted by Crippen LogP contribution is -2.08. The largest absolute Gasteiger partial charge is 0.354 e. The van der Waals surface area contributed by atoms with E-state index in [1.807, 2.05) is 24.4 Å². The summed E-state index contributed by atoms with van der Waals surface area (Å²) in [6.07, 6.45) is 5.14. The van der Waals surface area contributed by atoms with E-state index in [0.717, 1.165) is 39.5 Å². The van der Waals surface area contributed by atoms with Crippen LogP contribution in [0, 0.1) is 0 Å². The van der Waals surface area contributed by atoms with E-state index < -0.39 is 0 Å². The summed E-state index contributed by atoms with van der Waals surface area (Å²) in [6, 6.07) is 8.04. The van der Waals surface area contributed by atoms with Gasteiger partial charge >= 0.3 is 0 Å². The van der Waals surface area contributed by atoms with Gasteiger partial charge in [-0.15, -0.1) is 0 Å². The maximum absolute atomic E-state index is 4.22. The standard InChI is InChI=1S/C15H11N5/c1-9-10-5-6-16-7-13(10)11-3-2-4-12(14(11)19-9)15-17-8-18-20-15/h2-8,19H,1H2,(H,17,18,20). The van der Waals surface area contributed by atoms with E-state index in [2.05, 4.69) is 38.1 Å². The third-order valence-electron chi connectivity index (χ3n) is 3.45. The predicted molar refractivity (Wildman–Crippen MR) is 77.7 cm³/mol. The maximum Gasteiger partial charge on any atom is 0.157 e. The van der Waals surface area contributed by atoms with Gasteiger partial charge in [0, 0.05) is 40.3 Å². The number of nitrogens with one attached hydrogen (secondary N) is 2. The number of pyridine rings is 1. The summed E-state index contributed by atoms with van der Waals surface area (Å²) < 4.78 is 0. The van der Waals surface area contributed by atoms with Gasteiger partial charge in [-0.1, -0.05) is 18.7 Å². The zero-order valence-corrected chi connectivity index (χ0v) is 10.6. The van der Waals surface area contributed by atoms with Crippen molar-refractivity contribution >= 4 is 11.4 Å². The van der Waals surface area contributed by atoms with Crippen molar-refractivity contribution in [3.05, 3.63) is 55.1 Å². The molecule has 0 unspecified atom stereocenters. The molecule has 0 amide bonds. The highest BCUT2D eigenvalue weighted by Gasteiger charge is 2.21. The molecule has 2 N–H and O–H groups in total. The van der Waals surface area contributed by atoms with Crippen LogP contribution in [0.2, 0.25) is 0 Å². The van der Waals surface area contributed by atoms with Gasteiger partial charge < -0.3 is 5.32 Å². The summed E-state index contributed by atoms with van der Waals surface area (Å²) in [5, 5.41) is 10.2. The number of nitrogens with zero attached hydrogens (tertiary/aromatic N) is 3. The second-order valence-corrected chi connectivity index (χ2v) is 4.59. The summed E-state index contributed by atoms with van der Waals surface area (Å²) in [7, 11) is 0. The van der Waals surface area contributed by atoms with Crippen LogP contribution in [0.4, 0.5) is 5.69 Å². The van der Waals surface area contributed by atoms with Gasteiger partial charge in [0.05, 0.1) is 5.69 Å². The first-order valence-corrected chi connectivity index (χ1v) is 6.24. The monoisotopic (exact) mass is 261 g/mol. The molecule has 0 fully saturated rings. The van der Waals surface area contributed by atoms with Crippen molar-refractivity contribution in [3.8, 4) is 22.5 Å². The molecule has 0 saturated carbocycles. The van der Waals surface area contributed by atoms with Crippen LogP contribution < -0.4 is 5.32 Å². The Labute approximate surface area is 115 Å². The van der Waals surface area contributed by atoms with Gasteiger partial charge in [0.15, 0.2) is 5.82 Å². The molecule has 0 bridgehead atoms. The number of hydrogen-bond acceptors (Lipinski definition) is 4. The third kappa shape index (κ3) is 1.46. The molecular formula is C15H11N5. The van der Waals surface area contributed by atoms with Crippen LogP contribution >= 0.6 is 0 Å². The van der Waals surface area contributed by atoms with E-state index in [4.69, 9.17) is 0 Å². The van der Waals surface area contributed by atoms with Crippen molar-refractivity contribution in [2.45, 2.75) is 0 Å². The van der Waals surface area contributed by atoms with Gasteiger partial charge in [0.1, 0.15) is 6.33 Å². The number of aromatic nitrogens is 4. The summed E-state index contributed by atoms with van der Waals surface area (Å²) in [5.41, 5.74) is 6.05. The fourth-order valence-electron chi connectivity index (χ4n) is 2.53. The van der Waals surface area contributed by atoms with Crippen molar-refractivity contribution in [1.82, 2.24) is 20.2 Å². The molecule has 2 aromatic heterocycles. The molecule has 1 aliphatic heterocycles. The summed E-state index contributed by atoms with van der Waals surface area (Å²) in [5.74, 6) is 0.731. The van der Waals surface area contributed by atoms with Crippen LogP contribution in [-0.2, 0) is 0 Å². The van der Waals surface area contributed by atoms with Gasteiger partial charge in [-0.25, -0.2) is 4.98 Å². The quantitative estimate of drug-likeness (QED) is 0.706. The van der Waals surface area contributed by atoms with Crippen LogP contribution in [0.3, 0.4) is 0 Å². The van der Waals surface area contributed by atoms with Crippen LogP contribution in [0.25, 0.3) is 28.2 Å². The molecule has 20 heavy (non-hydrogen) atoms. The SMILES string of the molecule is C=C1Nc2c(-c3ncn[nH]3)cccc2-c2cnccc21. The fourth-order valence-corrected chi connectivity index (χ4v) is 2.53. The second-order valence-electron chi connectivity index (χ2n) is 4.59. The summed E-state index contributed by atoms with van der Waals surface area (Å²) in [6.45, 7) is 4.09. The van der Waals surface area contributed by atoms with E-state index in [1.54, 1.807) is 6.20 Å². The highest BCUT2D eigenvalue weighted by molar-refractivity contribution is 6.01. The first-order valence-electron chi connectivity index (χ1n) is 6.24. The van der Waals surface area contributed by atoms with Crippen molar-refractivity contribution in [2.24, 2.45) is 0 Å². The molecular weight excluding hydrogens is 250 g/mol. The topological polar surface area (TPSA) is 66.5 Å². The smallest absolute Gasteiger partial charge is 0.157 e. The van der Waals surface area contributed by atoms with Crippen molar-refractivity contribution < 1.29 is 0 Å². The van der Waals surface area contributed by atoms with E-state index in [1.165, 1.54) is 6.33 Å². The number of H-pyrrole nitrogens is 1. The average molecular weight is 261 g/mol. The number of hydrogen-bond donors (Lipinski definition) is 2. The number of benzene rings is 1. The Kier molecular flexibility index (Phi) is 2.20. The van der Waals surface area contributed by atoms with Crippen molar-refractivity contribution in [2.75, 3.05) is 5.32 Å². The fraction of sp³-hybridized carbons (Fsp3) is 0. The highest BCUT2D eigenvalue weighted by atomic mass is 15.2. The average Bonchev–Trinajstić information content (AvgIpc) is 3.01. The molecule has 0 saturated heterocycles. The highest BCUT2D eigenvalue weighted by Crippen LogP contribution is 2.43. The minimum atomic E-state index is 0.731. The number of rotatable bonds is 1. The van der Waals surface area contributed by atoms with Gasteiger partial charge in [0.25, 0.3) is 0 Å². The maximum atomic E-state index is 4.22. The zero-order chi connectivity index (χ0) is 13.5. The van der Waals surface area contributed by atoms with E-state index in [9.17, 15) is 0 Å². The lowest BCUT2D eigenvalue weighted by atomic mass is 9.92. The summed E-state index contributed by atoms with van der Waals surface area (Å²) in [4.78, 5) is 8.44. The Morgan fingerprint density at radius 3 is 2.75 bits per heavy atom. The molecule has 3 heterocycles. The predicted octanol–water partition coefficient (Wildman–Crippen LogP) is 2.93. The van der Waals surface area contributed by atoms with Crippen molar-refractivity contribution in [1.29, 1.82) is 0 Å². The molecule has 0 atom stereocenters. The molecule has 1 aromatic carbocycles. The molecule has 96 valence electrons. The number of para-hydroxylation sites is 1. The Hall–Kier alpha value is -2.95. The molecule has 0 aliphatic carbocycles. The Balaban J connectivity index is 2.02. The zero-order valence-electron chi connectivity index (χ0n) is 10.6. The Bertz CT molecular complexity index is 805. The summed E-state index contributed by atoms with van der Waals surface area (Å²) >= 11 is 0. The molecule has 3 aromatic rings. The number of fused-ring (bicyclic) bond motifs is 3. The van der Waals surface area contributed by atoms with Crippen LogP contribution in [0.1, 0.15) is 5.56 Å². The molecule has 1 aliphatic rings. The first-order chi connectivity index (χ1) is 9.84. The second kappa shape index (κ2) is 4.03. The third-order valence-corrected chi connectivity index (χ3v) is 3.45. The Morgan fingerprint density at radius 1 is 1.00 bits per heavy atom. The van der Waals surface area contributed by atoms with Gasteiger partial charge in [0.2, 0.25) is 0 Å². The molecule has 4 rings (SSSR count). The normalized spacial score (nSPS) is 12.5. The van der Waals surface area contributed by atoms with E-state index in [0.29, 0.717) is 0 Å².